The van der Waals surface area contributed by atoms with E-state index >= 15 is 0 Å². The number of fused-ring (bicyclic) bond motifs is 3. The molecule has 5 nitrogen and oxygen atoms in total. The predicted octanol–water partition coefficient (Wildman–Crippen LogP) is 5.75. The van der Waals surface area contributed by atoms with Crippen LogP contribution in [0.15, 0.2) is 75.7 Å². The van der Waals surface area contributed by atoms with Gasteiger partial charge in [0.05, 0.1) is 33.9 Å². The number of hydrogen-bond donors (Lipinski definition) is 0. The van der Waals surface area contributed by atoms with Gasteiger partial charge in [-0.3, -0.25) is 9.69 Å². The fraction of sp³-hybridized carbons (Fsp3) is 0.280. The Kier molecular flexibility index (Phi) is 5.27. The van der Waals surface area contributed by atoms with Gasteiger partial charge in [-0.25, -0.2) is 4.99 Å². The van der Waals surface area contributed by atoms with Gasteiger partial charge in [0, 0.05) is 24.7 Å². The van der Waals surface area contributed by atoms with Gasteiger partial charge >= 0.3 is 6.18 Å². The maximum atomic E-state index is 13.5. The Labute approximate surface area is 199 Å². The normalized spacial score (nSPS) is 17.0. The molecule has 0 aliphatic carbocycles. The molecule has 0 bridgehead atoms. The standard InChI is InChI=1S/C25H23F3N4OS/c1-24(2)15-32-19-14-31(13-16-9-11-17(12-10-16)25(26,27)28)22(34-18-7-5-4-6-8-18)20(19)21(33)30(3)23(32)29-24/h4-12,14H,13,15H2,1-3H3. The van der Waals surface area contributed by atoms with Crippen LogP contribution in [-0.2, 0) is 12.7 Å². The Hall–Kier alpha value is -3.20. The van der Waals surface area contributed by atoms with E-state index in [0.29, 0.717) is 30.2 Å². The second-order valence-electron chi connectivity index (χ2n) is 9.11. The molecule has 0 radical (unpaired) electrons. The number of amides is 1. The van der Waals surface area contributed by atoms with Gasteiger partial charge in [0.25, 0.3) is 5.91 Å². The van der Waals surface area contributed by atoms with Crippen molar-refractivity contribution in [2.75, 3.05) is 18.5 Å². The molecule has 1 aromatic heterocycles. The molecular weight excluding hydrogens is 461 g/mol. The fourth-order valence-corrected chi connectivity index (χ4v) is 5.33. The quantitative estimate of drug-likeness (QED) is 0.474. The van der Waals surface area contributed by atoms with Gasteiger partial charge in [-0.1, -0.05) is 42.1 Å². The maximum absolute atomic E-state index is 13.5. The third kappa shape index (κ3) is 3.98. The van der Waals surface area contributed by atoms with Gasteiger partial charge < -0.3 is 9.47 Å². The highest BCUT2D eigenvalue weighted by Gasteiger charge is 2.44. The van der Waals surface area contributed by atoms with Crippen LogP contribution in [0.2, 0.25) is 0 Å². The van der Waals surface area contributed by atoms with Gasteiger partial charge in [0.2, 0.25) is 5.96 Å². The van der Waals surface area contributed by atoms with E-state index in [9.17, 15) is 18.0 Å². The topological polar surface area (TPSA) is 40.8 Å². The lowest BCUT2D eigenvalue weighted by atomic mass is 10.1. The van der Waals surface area contributed by atoms with Crippen molar-refractivity contribution < 1.29 is 18.0 Å². The molecule has 0 saturated carbocycles. The molecule has 3 heterocycles. The lowest BCUT2D eigenvalue weighted by Crippen LogP contribution is -2.48. The van der Waals surface area contributed by atoms with Crippen LogP contribution in [-0.4, -0.2) is 40.5 Å². The predicted molar refractivity (Wildman–Crippen MR) is 126 cm³/mol. The number of aromatic nitrogens is 1. The summed E-state index contributed by atoms with van der Waals surface area (Å²) >= 11 is 1.47. The Morgan fingerprint density at radius 3 is 2.38 bits per heavy atom. The number of anilines is 1. The number of alkyl halides is 3. The van der Waals surface area contributed by atoms with E-state index in [1.165, 1.54) is 23.9 Å². The molecule has 1 amide bonds. The van der Waals surface area contributed by atoms with Crippen LogP contribution in [0.4, 0.5) is 18.9 Å². The van der Waals surface area contributed by atoms with Gasteiger partial charge in [0.1, 0.15) is 0 Å². The largest absolute Gasteiger partial charge is 0.416 e. The van der Waals surface area contributed by atoms with Crippen LogP contribution in [0.1, 0.15) is 35.3 Å². The summed E-state index contributed by atoms with van der Waals surface area (Å²) in [6, 6.07) is 14.9. The average Bonchev–Trinajstić information content (AvgIpc) is 3.30. The highest BCUT2D eigenvalue weighted by atomic mass is 32.2. The summed E-state index contributed by atoms with van der Waals surface area (Å²) in [4.78, 5) is 22.8. The van der Waals surface area contributed by atoms with Crippen molar-refractivity contribution in [3.8, 4) is 0 Å². The molecule has 3 aromatic rings. The third-order valence-electron chi connectivity index (χ3n) is 5.90. The first kappa shape index (κ1) is 22.6. The van der Waals surface area contributed by atoms with Gasteiger partial charge in [-0.15, -0.1) is 0 Å². The number of nitrogens with zero attached hydrogens (tertiary/aromatic N) is 4. The van der Waals surface area contributed by atoms with Crippen LogP contribution >= 0.6 is 11.8 Å². The van der Waals surface area contributed by atoms with Crippen molar-refractivity contribution in [3.63, 3.8) is 0 Å². The summed E-state index contributed by atoms with van der Waals surface area (Å²) in [5.74, 6) is 0.470. The van der Waals surface area contributed by atoms with E-state index in [-0.39, 0.29) is 11.4 Å². The SMILES string of the molecule is CN1C(=O)c2c(cn(Cc3ccc(C(F)(F)F)cc3)c2Sc2ccccc2)N2CC(C)(C)N=C12. The summed E-state index contributed by atoms with van der Waals surface area (Å²) < 4.78 is 41.0. The molecule has 2 aliphatic heterocycles. The first-order valence-electron chi connectivity index (χ1n) is 10.8. The van der Waals surface area contributed by atoms with Crippen LogP contribution in [0.25, 0.3) is 0 Å². The van der Waals surface area contributed by atoms with Crippen molar-refractivity contribution >= 4 is 29.3 Å². The number of carbonyl (C=O) groups is 1. The zero-order chi connectivity index (χ0) is 24.3. The van der Waals surface area contributed by atoms with Crippen LogP contribution in [0.3, 0.4) is 0 Å². The monoisotopic (exact) mass is 484 g/mol. The van der Waals surface area contributed by atoms with Crippen LogP contribution < -0.4 is 4.90 Å². The highest BCUT2D eigenvalue weighted by molar-refractivity contribution is 7.99. The molecular formula is C25H23F3N4OS. The van der Waals surface area contributed by atoms with Crippen molar-refractivity contribution in [2.24, 2.45) is 4.99 Å². The average molecular weight is 485 g/mol. The van der Waals surface area contributed by atoms with E-state index in [1.807, 2.05) is 54.9 Å². The zero-order valence-electron chi connectivity index (χ0n) is 18.9. The summed E-state index contributed by atoms with van der Waals surface area (Å²) in [6.07, 6.45) is -2.46. The Morgan fingerprint density at radius 2 is 1.74 bits per heavy atom. The molecule has 0 unspecified atom stereocenters. The van der Waals surface area contributed by atoms with E-state index in [4.69, 9.17) is 4.99 Å². The lowest BCUT2D eigenvalue weighted by molar-refractivity contribution is -0.137. The van der Waals surface area contributed by atoms with Gasteiger partial charge in [-0.2, -0.15) is 13.2 Å². The minimum absolute atomic E-state index is 0.146. The molecule has 0 fully saturated rings. The molecule has 176 valence electrons. The number of guanidine groups is 1. The van der Waals surface area contributed by atoms with E-state index < -0.39 is 11.7 Å². The van der Waals surface area contributed by atoms with Crippen LogP contribution in [0.5, 0.6) is 0 Å². The first-order valence-corrected chi connectivity index (χ1v) is 11.6. The van der Waals surface area contributed by atoms with Gasteiger partial charge in [-0.05, 0) is 43.7 Å². The lowest BCUT2D eigenvalue weighted by Gasteiger charge is -2.32. The third-order valence-corrected chi connectivity index (χ3v) is 7.04. The van der Waals surface area contributed by atoms with Crippen molar-refractivity contribution in [3.05, 3.63) is 77.5 Å². The van der Waals surface area contributed by atoms with Crippen molar-refractivity contribution in [1.82, 2.24) is 9.47 Å². The summed E-state index contributed by atoms with van der Waals surface area (Å²) in [5, 5.41) is 0.752. The number of benzene rings is 2. The first-order chi connectivity index (χ1) is 16.0. The minimum Gasteiger partial charge on any atom is -0.335 e. The molecule has 34 heavy (non-hydrogen) atoms. The molecule has 0 N–H and O–H groups in total. The molecule has 2 aromatic carbocycles. The van der Waals surface area contributed by atoms with Crippen LogP contribution in [0, 0.1) is 0 Å². The van der Waals surface area contributed by atoms with Crippen molar-refractivity contribution in [1.29, 1.82) is 0 Å². The van der Waals surface area contributed by atoms with E-state index in [2.05, 4.69) is 4.90 Å². The molecule has 5 rings (SSSR count). The molecule has 0 atom stereocenters. The number of halogens is 3. The van der Waals surface area contributed by atoms with E-state index in [0.717, 1.165) is 27.7 Å². The summed E-state index contributed by atoms with van der Waals surface area (Å²) in [5.41, 5.74) is 1.05. The van der Waals surface area contributed by atoms with E-state index in [1.54, 1.807) is 11.9 Å². The second-order valence-corrected chi connectivity index (χ2v) is 10.2. The molecule has 0 spiro atoms. The fourth-order valence-electron chi connectivity index (χ4n) is 4.28. The number of rotatable bonds is 4. The Balaban J connectivity index is 1.59. The minimum atomic E-state index is -4.38. The number of carbonyl (C=O) groups excluding carboxylic acids is 1. The Morgan fingerprint density at radius 1 is 1.06 bits per heavy atom. The smallest absolute Gasteiger partial charge is 0.335 e. The molecule has 0 saturated heterocycles. The van der Waals surface area contributed by atoms with Crippen molar-refractivity contribution in [2.45, 2.75) is 42.0 Å². The van der Waals surface area contributed by atoms with Gasteiger partial charge in [0.15, 0.2) is 0 Å². The maximum Gasteiger partial charge on any atom is 0.416 e. The zero-order valence-corrected chi connectivity index (χ0v) is 19.7. The molecule has 2 aliphatic rings. The summed E-state index contributed by atoms with van der Waals surface area (Å²) in [7, 11) is 1.72. The summed E-state index contributed by atoms with van der Waals surface area (Å²) in [6.45, 7) is 5.01. The number of aliphatic imine (C=N–C) groups is 1. The highest BCUT2D eigenvalue weighted by Crippen LogP contribution is 2.43. The Bertz CT molecular complexity index is 1280. The molecule has 9 heteroatoms. The number of hydrogen-bond acceptors (Lipinski definition) is 4. The second kappa shape index (κ2) is 7.94.